The SMILES string of the molecule is NC(=O)c1cn(C(CO)CCn2ccc3ccc(NC(=O)CCc4ccccc4)cc32)cn1. The number of aromatic nitrogens is 3. The quantitative estimate of drug-likeness (QED) is 0.348. The maximum atomic E-state index is 12.4. The van der Waals surface area contributed by atoms with Gasteiger partial charge in [-0.05, 0) is 42.0 Å². The number of nitrogens with zero attached hydrogens (tertiary/aromatic N) is 3. The average Bonchev–Trinajstić information content (AvgIpc) is 3.47. The highest BCUT2D eigenvalue weighted by molar-refractivity contribution is 5.94. The lowest BCUT2D eigenvalue weighted by Crippen LogP contribution is -2.15. The van der Waals surface area contributed by atoms with Crippen molar-refractivity contribution in [2.24, 2.45) is 5.73 Å². The van der Waals surface area contributed by atoms with Gasteiger partial charge in [0.25, 0.3) is 5.91 Å². The summed E-state index contributed by atoms with van der Waals surface area (Å²) in [7, 11) is 0. The van der Waals surface area contributed by atoms with Gasteiger partial charge in [0.05, 0.1) is 24.5 Å². The van der Waals surface area contributed by atoms with E-state index in [2.05, 4.69) is 14.9 Å². The number of primary amides is 1. The van der Waals surface area contributed by atoms with Crippen LogP contribution in [0, 0.1) is 0 Å². The maximum absolute atomic E-state index is 12.4. The molecule has 4 N–H and O–H groups in total. The molecule has 8 nitrogen and oxygen atoms in total. The molecular weight excluding hydrogens is 418 g/mol. The van der Waals surface area contributed by atoms with Crippen molar-refractivity contribution in [1.29, 1.82) is 0 Å². The highest BCUT2D eigenvalue weighted by Crippen LogP contribution is 2.23. The monoisotopic (exact) mass is 445 g/mol. The van der Waals surface area contributed by atoms with E-state index < -0.39 is 5.91 Å². The minimum Gasteiger partial charge on any atom is -0.394 e. The van der Waals surface area contributed by atoms with Crippen molar-refractivity contribution >= 4 is 28.4 Å². The van der Waals surface area contributed by atoms with Crippen molar-refractivity contribution in [2.45, 2.75) is 31.8 Å². The van der Waals surface area contributed by atoms with Gasteiger partial charge in [-0.15, -0.1) is 0 Å². The van der Waals surface area contributed by atoms with Gasteiger partial charge in [0.1, 0.15) is 5.69 Å². The third kappa shape index (κ3) is 5.48. The minimum absolute atomic E-state index is 0.0259. The van der Waals surface area contributed by atoms with Crippen molar-refractivity contribution in [3.05, 3.63) is 84.6 Å². The van der Waals surface area contributed by atoms with Gasteiger partial charge >= 0.3 is 0 Å². The number of imidazole rings is 1. The number of amides is 2. The Labute approximate surface area is 191 Å². The molecule has 2 aromatic heterocycles. The fourth-order valence-corrected chi connectivity index (χ4v) is 3.87. The van der Waals surface area contributed by atoms with Gasteiger partial charge in [-0.2, -0.15) is 0 Å². The van der Waals surface area contributed by atoms with Crippen LogP contribution in [0.5, 0.6) is 0 Å². The van der Waals surface area contributed by atoms with Crippen LogP contribution >= 0.6 is 0 Å². The lowest BCUT2D eigenvalue weighted by molar-refractivity contribution is -0.116. The number of benzene rings is 2. The summed E-state index contributed by atoms with van der Waals surface area (Å²) in [6.07, 6.45) is 6.79. The molecule has 33 heavy (non-hydrogen) atoms. The summed E-state index contributed by atoms with van der Waals surface area (Å²) < 4.78 is 3.80. The van der Waals surface area contributed by atoms with Crippen LogP contribution in [0.1, 0.15) is 34.9 Å². The molecule has 0 spiro atoms. The number of anilines is 1. The summed E-state index contributed by atoms with van der Waals surface area (Å²) in [4.78, 5) is 27.7. The zero-order chi connectivity index (χ0) is 23.2. The Morgan fingerprint density at radius 2 is 1.94 bits per heavy atom. The molecule has 0 saturated carbocycles. The van der Waals surface area contributed by atoms with Crippen LogP contribution in [-0.4, -0.2) is 37.6 Å². The lowest BCUT2D eigenvalue weighted by atomic mass is 10.1. The molecule has 0 aliphatic heterocycles. The van der Waals surface area contributed by atoms with Gasteiger partial charge in [0, 0.05) is 31.0 Å². The number of carbonyl (C=O) groups excluding carboxylic acids is 2. The summed E-state index contributed by atoms with van der Waals surface area (Å²) in [5, 5.41) is 13.9. The van der Waals surface area contributed by atoms with Crippen LogP contribution in [0.2, 0.25) is 0 Å². The summed E-state index contributed by atoms with van der Waals surface area (Å²) in [5.41, 5.74) is 8.32. The first-order valence-electron chi connectivity index (χ1n) is 10.9. The number of hydrogen-bond donors (Lipinski definition) is 3. The summed E-state index contributed by atoms with van der Waals surface area (Å²) in [6.45, 7) is 0.556. The van der Waals surface area contributed by atoms with Gasteiger partial charge in [-0.3, -0.25) is 9.59 Å². The molecule has 2 amide bonds. The Morgan fingerprint density at radius 1 is 1.12 bits per heavy atom. The van der Waals surface area contributed by atoms with Gasteiger partial charge in [-0.25, -0.2) is 4.98 Å². The third-order valence-electron chi connectivity index (χ3n) is 5.73. The molecule has 0 fully saturated rings. The first-order chi connectivity index (χ1) is 16.0. The van der Waals surface area contributed by atoms with E-state index in [1.165, 1.54) is 6.33 Å². The van der Waals surface area contributed by atoms with Crippen LogP contribution in [0.4, 0.5) is 5.69 Å². The molecule has 0 bridgehead atoms. The van der Waals surface area contributed by atoms with Gasteiger partial charge in [-0.1, -0.05) is 36.4 Å². The highest BCUT2D eigenvalue weighted by Gasteiger charge is 2.14. The Kier molecular flexibility index (Phi) is 6.85. The minimum atomic E-state index is -0.597. The molecule has 0 aliphatic carbocycles. The van der Waals surface area contributed by atoms with Crippen molar-refractivity contribution in [1.82, 2.24) is 14.1 Å². The van der Waals surface area contributed by atoms with Gasteiger partial charge in [0.15, 0.2) is 0 Å². The van der Waals surface area contributed by atoms with E-state index in [9.17, 15) is 14.7 Å². The standard InChI is InChI=1S/C25H27N5O3/c26-25(33)22-15-30(17-27-22)21(16-31)11-13-29-12-10-19-7-8-20(14-23(19)29)28-24(32)9-6-18-4-2-1-3-5-18/h1-5,7-8,10,12,14-15,17,21,31H,6,9,11,13,16H2,(H2,26,33)(H,28,32). The highest BCUT2D eigenvalue weighted by atomic mass is 16.3. The molecule has 1 atom stereocenters. The van der Waals surface area contributed by atoms with Gasteiger partial charge < -0.3 is 25.3 Å². The zero-order valence-electron chi connectivity index (χ0n) is 18.2. The van der Waals surface area contributed by atoms with E-state index in [0.717, 1.165) is 22.2 Å². The van der Waals surface area contributed by atoms with E-state index in [1.54, 1.807) is 10.8 Å². The van der Waals surface area contributed by atoms with E-state index in [-0.39, 0.29) is 24.2 Å². The second-order valence-electron chi connectivity index (χ2n) is 8.01. The molecule has 1 unspecified atom stereocenters. The average molecular weight is 446 g/mol. The molecule has 4 rings (SSSR count). The number of hydrogen-bond acceptors (Lipinski definition) is 4. The van der Waals surface area contributed by atoms with Crippen LogP contribution in [-0.2, 0) is 17.8 Å². The number of rotatable bonds is 10. The first-order valence-corrected chi connectivity index (χ1v) is 10.9. The van der Waals surface area contributed by atoms with E-state index in [0.29, 0.717) is 25.8 Å². The van der Waals surface area contributed by atoms with Crippen molar-refractivity contribution in [2.75, 3.05) is 11.9 Å². The van der Waals surface area contributed by atoms with Crippen LogP contribution in [0.15, 0.2) is 73.3 Å². The number of fused-ring (bicyclic) bond motifs is 1. The largest absolute Gasteiger partial charge is 0.394 e. The zero-order valence-corrected chi connectivity index (χ0v) is 18.2. The predicted molar refractivity (Wildman–Crippen MR) is 127 cm³/mol. The van der Waals surface area contributed by atoms with Crippen molar-refractivity contribution in [3.63, 3.8) is 0 Å². The molecule has 0 saturated heterocycles. The number of aliphatic hydroxyl groups excluding tert-OH is 1. The number of aryl methyl sites for hydroxylation is 2. The smallest absolute Gasteiger partial charge is 0.268 e. The molecular formula is C25H27N5O3. The Balaban J connectivity index is 1.40. The van der Waals surface area contributed by atoms with Crippen LogP contribution in [0.25, 0.3) is 10.9 Å². The third-order valence-corrected chi connectivity index (χ3v) is 5.73. The molecule has 2 heterocycles. The fourth-order valence-electron chi connectivity index (χ4n) is 3.87. The number of nitrogens with two attached hydrogens (primary N) is 1. The fraction of sp³-hybridized carbons (Fsp3) is 0.240. The normalized spacial score (nSPS) is 12.0. The summed E-state index contributed by atoms with van der Waals surface area (Å²) in [5.74, 6) is -0.623. The molecule has 0 radical (unpaired) electrons. The molecule has 4 aromatic rings. The molecule has 170 valence electrons. The van der Waals surface area contributed by atoms with Gasteiger partial charge in [0.2, 0.25) is 5.91 Å². The number of carbonyl (C=O) groups is 2. The molecule has 8 heteroatoms. The van der Waals surface area contributed by atoms with E-state index in [1.807, 2.05) is 60.8 Å². The number of nitrogens with one attached hydrogen (secondary N) is 1. The van der Waals surface area contributed by atoms with Crippen molar-refractivity contribution < 1.29 is 14.7 Å². The van der Waals surface area contributed by atoms with Crippen LogP contribution in [0.3, 0.4) is 0 Å². The molecule has 2 aromatic carbocycles. The second-order valence-corrected chi connectivity index (χ2v) is 8.01. The first kappa shape index (κ1) is 22.3. The second kappa shape index (κ2) is 10.1. The Morgan fingerprint density at radius 3 is 2.67 bits per heavy atom. The summed E-state index contributed by atoms with van der Waals surface area (Å²) >= 11 is 0. The van der Waals surface area contributed by atoms with E-state index in [4.69, 9.17) is 5.73 Å². The van der Waals surface area contributed by atoms with Crippen LogP contribution < -0.4 is 11.1 Å². The Bertz CT molecular complexity index is 1250. The Hall–Kier alpha value is -3.91. The lowest BCUT2D eigenvalue weighted by Gasteiger charge is -2.16. The van der Waals surface area contributed by atoms with E-state index >= 15 is 0 Å². The predicted octanol–water partition coefficient (Wildman–Crippen LogP) is 3.13. The topological polar surface area (TPSA) is 115 Å². The maximum Gasteiger partial charge on any atom is 0.268 e. The molecule has 0 aliphatic rings. The summed E-state index contributed by atoms with van der Waals surface area (Å²) in [6, 6.07) is 17.6. The van der Waals surface area contributed by atoms with Crippen molar-refractivity contribution in [3.8, 4) is 0 Å². The number of aliphatic hydroxyl groups is 1.